The Hall–Kier alpha value is -0.590. The molecule has 1 aliphatic heterocycles. The second-order valence-corrected chi connectivity index (χ2v) is 3.56. The molecule has 0 aromatic rings. The van der Waals surface area contributed by atoms with Crippen molar-refractivity contribution in [2.45, 2.75) is 32.3 Å². The average molecular weight is 183 g/mol. The van der Waals surface area contributed by atoms with E-state index in [-0.39, 0.29) is 6.10 Å². The van der Waals surface area contributed by atoms with Crippen LogP contribution >= 0.6 is 0 Å². The standard InChI is InChI=1S/C10H17NO2/c1-9(2-5-11)13-8-10-3-6-12-7-4-10/h9-10H,2-4,6-8H2,1H3. The molecule has 1 saturated heterocycles. The maximum Gasteiger partial charge on any atom is 0.0676 e. The monoisotopic (exact) mass is 183 g/mol. The van der Waals surface area contributed by atoms with E-state index in [4.69, 9.17) is 14.7 Å². The van der Waals surface area contributed by atoms with Crippen LogP contribution in [0.25, 0.3) is 0 Å². The summed E-state index contributed by atoms with van der Waals surface area (Å²) in [4.78, 5) is 0. The van der Waals surface area contributed by atoms with Crippen LogP contribution in [0.15, 0.2) is 0 Å². The molecule has 74 valence electrons. The Morgan fingerprint density at radius 1 is 1.54 bits per heavy atom. The van der Waals surface area contributed by atoms with Gasteiger partial charge in [0.2, 0.25) is 0 Å². The highest BCUT2D eigenvalue weighted by molar-refractivity contribution is 4.73. The first-order chi connectivity index (χ1) is 6.33. The topological polar surface area (TPSA) is 42.2 Å². The van der Waals surface area contributed by atoms with E-state index in [1.807, 2.05) is 6.92 Å². The Kier molecular flexibility index (Phi) is 4.81. The molecule has 0 aliphatic carbocycles. The fourth-order valence-electron chi connectivity index (χ4n) is 1.40. The molecule has 1 rings (SSSR count). The van der Waals surface area contributed by atoms with Gasteiger partial charge in [-0.15, -0.1) is 0 Å². The number of nitrogens with zero attached hydrogens (tertiary/aromatic N) is 1. The molecule has 0 spiro atoms. The van der Waals surface area contributed by atoms with Gasteiger partial charge in [0.15, 0.2) is 0 Å². The lowest BCUT2D eigenvalue weighted by Crippen LogP contribution is -2.22. The van der Waals surface area contributed by atoms with Crippen molar-refractivity contribution in [3.63, 3.8) is 0 Å². The Morgan fingerprint density at radius 3 is 2.85 bits per heavy atom. The van der Waals surface area contributed by atoms with Crippen LogP contribution in [0.2, 0.25) is 0 Å². The lowest BCUT2D eigenvalue weighted by molar-refractivity contribution is -0.00327. The largest absolute Gasteiger partial charge is 0.381 e. The number of ether oxygens (including phenoxy) is 2. The summed E-state index contributed by atoms with van der Waals surface area (Å²) >= 11 is 0. The Balaban J connectivity index is 2.07. The van der Waals surface area contributed by atoms with E-state index >= 15 is 0 Å². The number of rotatable bonds is 4. The molecule has 0 N–H and O–H groups in total. The van der Waals surface area contributed by atoms with E-state index in [9.17, 15) is 0 Å². The fourth-order valence-corrected chi connectivity index (χ4v) is 1.40. The van der Waals surface area contributed by atoms with Gasteiger partial charge in [0.25, 0.3) is 0 Å². The summed E-state index contributed by atoms with van der Waals surface area (Å²) < 4.78 is 10.8. The second kappa shape index (κ2) is 5.95. The summed E-state index contributed by atoms with van der Waals surface area (Å²) in [6.45, 7) is 4.45. The van der Waals surface area contributed by atoms with Crippen molar-refractivity contribution in [1.29, 1.82) is 5.26 Å². The van der Waals surface area contributed by atoms with Crippen LogP contribution in [-0.2, 0) is 9.47 Å². The van der Waals surface area contributed by atoms with Gasteiger partial charge in [0.05, 0.1) is 18.6 Å². The lowest BCUT2D eigenvalue weighted by atomic mass is 10.0. The maximum absolute atomic E-state index is 8.42. The third kappa shape index (κ3) is 4.25. The molecule has 0 bridgehead atoms. The predicted octanol–water partition coefficient (Wildman–Crippen LogP) is 1.73. The third-order valence-electron chi connectivity index (χ3n) is 2.34. The van der Waals surface area contributed by atoms with Crippen molar-refractivity contribution in [2.24, 2.45) is 5.92 Å². The molecule has 0 amide bonds. The summed E-state index contributed by atoms with van der Waals surface area (Å²) in [5.41, 5.74) is 0. The lowest BCUT2D eigenvalue weighted by Gasteiger charge is -2.23. The van der Waals surface area contributed by atoms with Crippen molar-refractivity contribution < 1.29 is 9.47 Å². The van der Waals surface area contributed by atoms with E-state index in [1.165, 1.54) is 0 Å². The zero-order valence-electron chi connectivity index (χ0n) is 8.16. The van der Waals surface area contributed by atoms with E-state index in [0.29, 0.717) is 12.3 Å². The molecule has 1 aliphatic rings. The Bertz CT molecular complexity index is 170. The molecule has 1 fully saturated rings. The first-order valence-electron chi connectivity index (χ1n) is 4.89. The van der Waals surface area contributed by atoms with Crippen molar-refractivity contribution in [2.75, 3.05) is 19.8 Å². The summed E-state index contributed by atoms with van der Waals surface area (Å²) in [7, 11) is 0. The van der Waals surface area contributed by atoms with E-state index in [1.54, 1.807) is 0 Å². The quantitative estimate of drug-likeness (QED) is 0.666. The van der Waals surface area contributed by atoms with Gasteiger partial charge in [-0.1, -0.05) is 0 Å². The van der Waals surface area contributed by atoms with Gasteiger partial charge >= 0.3 is 0 Å². The molecule has 0 radical (unpaired) electrons. The van der Waals surface area contributed by atoms with Gasteiger partial charge in [0.1, 0.15) is 0 Å². The minimum absolute atomic E-state index is 0.0767. The summed E-state index contributed by atoms with van der Waals surface area (Å²) in [5, 5.41) is 8.42. The molecular weight excluding hydrogens is 166 g/mol. The van der Waals surface area contributed by atoms with Crippen LogP contribution in [0.5, 0.6) is 0 Å². The molecule has 1 unspecified atom stereocenters. The van der Waals surface area contributed by atoms with E-state index < -0.39 is 0 Å². The molecule has 13 heavy (non-hydrogen) atoms. The first-order valence-corrected chi connectivity index (χ1v) is 4.89. The van der Waals surface area contributed by atoms with Crippen LogP contribution in [-0.4, -0.2) is 25.9 Å². The van der Waals surface area contributed by atoms with Crippen LogP contribution in [0.1, 0.15) is 26.2 Å². The SMILES string of the molecule is CC(CC#N)OCC1CCOCC1. The van der Waals surface area contributed by atoms with Gasteiger partial charge < -0.3 is 9.47 Å². The summed E-state index contributed by atoms with van der Waals surface area (Å²) in [5.74, 6) is 0.634. The highest BCUT2D eigenvalue weighted by Gasteiger charge is 2.14. The van der Waals surface area contributed by atoms with Crippen molar-refractivity contribution in [1.82, 2.24) is 0 Å². The molecule has 1 atom stereocenters. The molecule has 3 nitrogen and oxygen atoms in total. The van der Waals surface area contributed by atoms with Crippen LogP contribution in [0.4, 0.5) is 0 Å². The van der Waals surface area contributed by atoms with Crippen molar-refractivity contribution in [3.8, 4) is 6.07 Å². The zero-order valence-corrected chi connectivity index (χ0v) is 8.16. The van der Waals surface area contributed by atoms with Gasteiger partial charge in [-0.25, -0.2) is 0 Å². The van der Waals surface area contributed by atoms with Gasteiger partial charge in [-0.3, -0.25) is 0 Å². The molecule has 0 saturated carbocycles. The number of hydrogen-bond acceptors (Lipinski definition) is 3. The zero-order chi connectivity index (χ0) is 9.52. The Labute approximate surface area is 79.6 Å². The summed E-state index contributed by atoms with van der Waals surface area (Å²) in [6.07, 6.45) is 2.76. The highest BCUT2D eigenvalue weighted by atomic mass is 16.5. The van der Waals surface area contributed by atoms with Crippen molar-refractivity contribution >= 4 is 0 Å². The van der Waals surface area contributed by atoms with Crippen LogP contribution in [0.3, 0.4) is 0 Å². The third-order valence-corrected chi connectivity index (χ3v) is 2.34. The van der Waals surface area contributed by atoms with Gasteiger partial charge in [-0.2, -0.15) is 5.26 Å². The maximum atomic E-state index is 8.42. The minimum atomic E-state index is 0.0767. The van der Waals surface area contributed by atoms with Crippen molar-refractivity contribution in [3.05, 3.63) is 0 Å². The van der Waals surface area contributed by atoms with E-state index in [0.717, 1.165) is 32.7 Å². The van der Waals surface area contributed by atoms with E-state index in [2.05, 4.69) is 6.07 Å². The van der Waals surface area contributed by atoms with Crippen LogP contribution in [0, 0.1) is 17.2 Å². The number of hydrogen-bond donors (Lipinski definition) is 0. The normalized spacial score (nSPS) is 20.9. The smallest absolute Gasteiger partial charge is 0.0676 e. The fraction of sp³-hybridized carbons (Fsp3) is 0.900. The first kappa shape index (κ1) is 10.5. The molecular formula is C10H17NO2. The average Bonchev–Trinajstić information content (AvgIpc) is 2.17. The predicted molar refractivity (Wildman–Crippen MR) is 49.2 cm³/mol. The minimum Gasteiger partial charge on any atom is -0.381 e. The van der Waals surface area contributed by atoms with Gasteiger partial charge in [0, 0.05) is 19.8 Å². The molecule has 3 heteroatoms. The second-order valence-electron chi connectivity index (χ2n) is 3.56. The molecule has 0 aromatic heterocycles. The highest BCUT2D eigenvalue weighted by Crippen LogP contribution is 2.15. The molecule has 1 heterocycles. The Morgan fingerprint density at radius 2 is 2.23 bits per heavy atom. The summed E-state index contributed by atoms with van der Waals surface area (Å²) in [6, 6.07) is 2.11. The number of nitriles is 1. The van der Waals surface area contributed by atoms with Gasteiger partial charge in [-0.05, 0) is 25.7 Å². The van der Waals surface area contributed by atoms with Crippen LogP contribution < -0.4 is 0 Å². The molecule has 0 aromatic carbocycles.